The molecule has 0 aliphatic rings. The summed E-state index contributed by atoms with van der Waals surface area (Å²) >= 11 is 0. The Hall–Kier alpha value is -2.42. The molecule has 1 aromatic heterocycles. The maximum Gasteiger partial charge on any atom is 0.256 e. The predicted molar refractivity (Wildman–Crippen MR) is 73.3 cm³/mol. The summed E-state index contributed by atoms with van der Waals surface area (Å²) in [6, 6.07) is 12.8. The number of rotatable bonds is 3. The quantitative estimate of drug-likeness (QED) is 0.890. The van der Waals surface area contributed by atoms with E-state index in [0.717, 1.165) is 11.1 Å². The van der Waals surface area contributed by atoms with Gasteiger partial charge in [-0.1, -0.05) is 24.8 Å². The zero-order valence-electron chi connectivity index (χ0n) is 10.2. The van der Waals surface area contributed by atoms with Gasteiger partial charge in [0.15, 0.2) is 0 Å². The third-order valence-corrected chi connectivity index (χ3v) is 2.54. The fourth-order valence-electron chi connectivity index (χ4n) is 1.62. The minimum absolute atomic E-state index is 0.170. The van der Waals surface area contributed by atoms with Crippen LogP contribution in [0.4, 0.5) is 5.82 Å². The maximum absolute atomic E-state index is 12.0. The molecule has 1 aromatic carbocycles. The van der Waals surface area contributed by atoms with Gasteiger partial charge in [-0.2, -0.15) is 0 Å². The molecule has 1 N–H and O–H groups in total. The minimum atomic E-state index is -0.170. The average Bonchev–Trinajstić information content (AvgIpc) is 2.40. The number of pyridine rings is 1. The lowest BCUT2D eigenvalue weighted by molar-refractivity contribution is 0.102. The molecule has 3 heteroatoms. The van der Waals surface area contributed by atoms with Crippen LogP contribution in [0, 0.1) is 0 Å². The highest BCUT2D eigenvalue weighted by Gasteiger charge is 2.09. The first-order valence-corrected chi connectivity index (χ1v) is 5.66. The average molecular weight is 238 g/mol. The molecule has 90 valence electrons. The molecule has 2 aromatic rings. The third-order valence-electron chi connectivity index (χ3n) is 2.54. The molecule has 1 amide bonds. The summed E-state index contributed by atoms with van der Waals surface area (Å²) in [5, 5.41) is 2.80. The zero-order valence-corrected chi connectivity index (χ0v) is 10.2. The van der Waals surface area contributed by atoms with Gasteiger partial charge in [-0.05, 0) is 36.8 Å². The van der Waals surface area contributed by atoms with Crippen LogP contribution in [-0.2, 0) is 0 Å². The molecule has 0 unspecified atom stereocenters. The molecule has 0 atom stereocenters. The van der Waals surface area contributed by atoms with Crippen LogP contribution in [0.2, 0.25) is 0 Å². The highest BCUT2D eigenvalue weighted by molar-refractivity contribution is 6.04. The number of benzene rings is 1. The van der Waals surface area contributed by atoms with E-state index >= 15 is 0 Å². The van der Waals surface area contributed by atoms with E-state index in [1.165, 1.54) is 0 Å². The van der Waals surface area contributed by atoms with E-state index in [4.69, 9.17) is 0 Å². The number of carbonyl (C=O) groups is 1. The summed E-state index contributed by atoms with van der Waals surface area (Å²) in [7, 11) is 0. The number of anilines is 1. The van der Waals surface area contributed by atoms with Gasteiger partial charge in [0.1, 0.15) is 5.82 Å². The molecule has 0 bridgehead atoms. The number of carbonyl (C=O) groups excluding carboxylic acids is 1. The van der Waals surface area contributed by atoms with Crippen molar-refractivity contribution < 1.29 is 4.79 Å². The smallest absolute Gasteiger partial charge is 0.256 e. The number of nitrogens with zero attached hydrogens (tertiary/aromatic N) is 1. The Morgan fingerprint density at radius 3 is 2.56 bits per heavy atom. The van der Waals surface area contributed by atoms with Crippen LogP contribution in [0.5, 0.6) is 0 Å². The van der Waals surface area contributed by atoms with Crippen molar-refractivity contribution in [2.75, 3.05) is 5.32 Å². The third kappa shape index (κ3) is 2.63. The Kier molecular flexibility index (Phi) is 3.53. The normalized spacial score (nSPS) is 9.83. The number of hydrogen-bond donors (Lipinski definition) is 1. The largest absolute Gasteiger partial charge is 0.306 e. The second kappa shape index (κ2) is 5.27. The standard InChI is InChI=1S/C15H14N2O/c1-11(2)13-9-6-10-16-14(13)17-15(18)12-7-4-3-5-8-12/h3-10H,1H2,2H3,(H,16,17,18). The molecule has 0 saturated heterocycles. The number of allylic oxidation sites excluding steroid dienone is 1. The molecule has 1 heterocycles. The molecule has 0 fully saturated rings. The van der Waals surface area contributed by atoms with Crippen LogP contribution in [-0.4, -0.2) is 10.9 Å². The van der Waals surface area contributed by atoms with E-state index in [1.54, 1.807) is 18.3 Å². The lowest BCUT2D eigenvalue weighted by Crippen LogP contribution is -2.14. The molecule has 2 rings (SSSR count). The molecule has 0 radical (unpaired) electrons. The first kappa shape index (κ1) is 12.0. The Bertz CT molecular complexity index is 576. The molecule has 0 saturated carbocycles. The minimum Gasteiger partial charge on any atom is -0.306 e. The van der Waals surface area contributed by atoms with Gasteiger partial charge in [0, 0.05) is 17.3 Å². The molecule has 0 aliphatic carbocycles. The molecule has 18 heavy (non-hydrogen) atoms. The second-order valence-electron chi connectivity index (χ2n) is 4.00. The van der Waals surface area contributed by atoms with Gasteiger partial charge in [-0.25, -0.2) is 4.98 Å². The van der Waals surface area contributed by atoms with Gasteiger partial charge < -0.3 is 5.32 Å². The summed E-state index contributed by atoms with van der Waals surface area (Å²) in [6.07, 6.45) is 1.65. The second-order valence-corrected chi connectivity index (χ2v) is 4.00. The Labute approximate surface area is 106 Å². The van der Waals surface area contributed by atoms with Crippen molar-refractivity contribution in [2.45, 2.75) is 6.92 Å². The van der Waals surface area contributed by atoms with Gasteiger partial charge in [0.05, 0.1) is 0 Å². The summed E-state index contributed by atoms with van der Waals surface area (Å²) in [4.78, 5) is 16.2. The van der Waals surface area contributed by atoms with Gasteiger partial charge in [0.25, 0.3) is 5.91 Å². The van der Waals surface area contributed by atoms with Gasteiger partial charge in [-0.15, -0.1) is 0 Å². The summed E-state index contributed by atoms with van der Waals surface area (Å²) in [5.74, 6) is 0.371. The van der Waals surface area contributed by atoms with Crippen LogP contribution in [0.3, 0.4) is 0 Å². The fourth-order valence-corrected chi connectivity index (χ4v) is 1.62. The number of nitrogens with one attached hydrogen (secondary N) is 1. The van der Waals surface area contributed by atoms with Crippen molar-refractivity contribution in [1.29, 1.82) is 0 Å². The van der Waals surface area contributed by atoms with Crippen LogP contribution >= 0.6 is 0 Å². The monoisotopic (exact) mass is 238 g/mol. The van der Waals surface area contributed by atoms with Crippen LogP contribution < -0.4 is 5.32 Å². The number of hydrogen-bond acceptors (Lipinski definition) is 2. The molecule has 3 nitrogen and oxygen atoms in total. The van der Waals surface area contributed by atoms with Crippen molar-refractivity contribution in [1.82, 2.24) is 4.98 Å². The molecule has 0 aliphatic heterocycles. The van der Waals surface area contributed by atoms with Gasteiger partial charge in [-0.3, -0.25) is 4.79 Å². The van der Waals surface area contributed by atoms with Crippen molar-refractivity contribution >= 4 is 17.3 Å². The van der Waals surface area contributed by atoms with Gasteiger partial charge >= 0.3 is 0 Å². The Morgan fingerprint density at radius 1 is 1.17 bits per heavy atom. The number of amides is 1. The lowest BCUT2D eigenvalue weighted by atomic mass is 10.1. The molecule has 0 spiro atoms. The van der Waals surface area contributed by atoms with Gasteiger partial charge in [0.2, 0.25) is 0 Å². The van der Waals surface area contributed by atoms with Crippen molar-refractivity contribution in [3.05, 3.63) is 66.4 Å². The predicted octanol–water partition coefficient (Wildman–Crippen LogP) is 3.37. The van der Waals surface area contributed by atoms with E-state index in [2.05, 4.69) is 16.9 Å². The topological polar surface area (TPSA) is 42.0 Å². The first-order chi connectivity index (χ1) is 8.68. The maximum atomic E-state index is 12.0. The highest BCUT2D eigenvalue weighted by Crippen LogP contribution is 2.19. The van der Waals surface area contributed by atoms with Crippen molar-refractivity contribution in [3.8, 4) is 0 Å². The summed E-state index contributed by atoms with van der Waals surface area (Å²) < 4.78 is 0. The number of aromatic nitrogens is 1. The lowest BCUT2D eigenvalue weighted by Gasteiger charge is -2.09. The molecular weight excluding hydrogens is 224 g/mol. The Balaban J connectivity index is 2.25. The van der Waals surface area contributed by atoms with E-state index in [1.807, 2.05) is 37.3 Å². The van der Waals surface area contributed by atoms with E-state index in [9.17, 15) is 4.79 Å². The van der Waals surface area contributed by atoms with Crippen molar-refractivity contribution in [3.63, 3.8) is 0 Å². The SMILES string of the molecule is C=C(C)c1cccnc1NC(=O)c1ccccc1. The van der Waals surface area contributed by atoms with Crippen LogP contribution in [0.15, 0.2) is 55.2 Å². The zero-order chi connectivity index (χ0) is 13.0. The first-order valence-electron chi connectivity index (χ1n) is 5.66. The van der Waals surface area contributed by atoms with Crippen LogP contribution in [0.25, 0.3) is 5.57 Å². The van der Waals surface area contributed by atoms with Crippen LogP contribution in [0.1, 0.15) is 22.8 Å². The van der Waals surface area contributed by atoms with Crippen molar-refractivity contribution in [2.24, 2.45) is 0 Å². The molecular formula is C15H14N2O. The fraction of sp³-hybridized carbons (Fsp3) is 0.0667. The highest BCUT2D eigenvalue weighted by atomic mass is 16.1. The van der Waals surface area contributed by atoms with E-state index in [-0.39, 0.29) is 5.91 Å². The van der Waals surface area contributed by atoms with E-state index in [0.29, 0.717) is 11.4 Å². The van der Waals surface area contributed by atoms with E-state index < -0.39 is 0 Å². The summed E-state index contributed by atoms with van der Waals surface area (Å²) in [6.45, 7) is 5.76. The Morgan fingerprint density at radius 2 is 1.89 bits per heavy atom. The summed E-state index contributed by atoms with van der Waals surface area (Å²) in [5.41, 5.74) is 2.32.